The lowest BCUT2D eigenvalue weighted by Gasteiger charge is -2.53. The van der Waals surface area contributed by atoms with Crippen LogP contribution in [0.25, 0.3) is 33.4 Å². The Kier molecular flexibility index (Phi) is 11.3. The van der Waals surface area contributed by atoms with Crippen molar-refractivity contribution in [1.29, 1.82) is 0 Å². The predicted molar refractivity (Wildman–Crippen MR) is 355 cm³/mol. The van der Waals surface area contributed by atoms with E-state index < -0.39 is 5.54 Å². The Hall–Kier alpha value is -9.12. The molecule has 4 heteroatoms. The smallest absolute Gasteiger partial charge is 0.252 e. The maximum Gasteiger partial charge on any atom is 0.252 e. The number of hydrogen-bond donors (Lipinski definition) is 0. The molecule has 0 spiro atoms. The predicted octanol–water partition coefficient (Wildman–Crippen LogP) is 18.2. The van der Waals surface area contributed by atoms with Gasteiger partial charge in [0.2, 0.25) is 0 Å². The fourth-order valence-corrected chi connectivity index (χ4v) is 16.1. The molecule has 406 valence electrons. The number of hydrogen-bond acceptors (Lipinski definition) is 3. The summed E-state index contributed by atoms with van der Waals surface area (Å²) in [4.78, 5) is 8.16. The number of benzene rings is 11. The topological polar surface area (TPSA) is 9.72 Å². The Morgan fingerprint density at radius 2 is 0.905 bits per heavy atom. The second-order valence-electron chi connectivity index (χ2n) is 26.6. The van der Waals surface area contributed by atoms with E-state index in [2.05, 4.69) is 311 Å². The normalized spacial score (nSPS) is 18.5. The Morgan fingerprint density at radius 1 is 0.369 bits per heavy atom. The van der Waals surface area contributed by atoms with Crippen LogP contribution in [0.1, 0.15) is 80.5 Å². The number of fused-ring (bicyclic) bond motifs is 9. The van der Waals surface area contributed by atoms with E-state index in [9.17, 15) is 0 Å². The molecule has 0 N–H and O–H groups in total. The molecule has 0 amide bonds. The summed E-state index contributed by atoms with van der Waals surface area (Å²) in [7, 11) is 0. The van der Waals surface area contributed by atoms with Gasteiger partial charge in [0.15, 0.2) is 0 Å². The summed E-state index contributed by atoms with van der Waals surface area (Å²) < 4.78 is 0. The Morgan fingerprint density at radius 3 is 1.58 bits per heavy atom. The molecule has 3 aliphatic heterocycles. The Balaban J connectivity index is 1.04. The van der Waals surface area contributed by atoms with Gasteiger partial charge in [0.25, 0.3) is 6.71 Å². The zero-order valence-corrected chi connectivity index (χ0v) is 49.0. The third kappa shape index (κ3) is 7.65. The van der Waals surface area contributed by atoms with E-state index in [1.54, 1.807) is 0 Å². The van der Waals surface area contributed by atoms with E-state index in [0.717, 1.165) is 31.4 Å². The van der Waals surface area contributed by atoms with Gasteiger partial charge in [-0.25, -0.2) is 0 Å². The van der Waals surface area contributed by atoms with E-state index in [-0.39, 0.29) is 23.0 Å². The van der Waals surface area contributed by atoms with E-state index in [0.29, 0.717) is 0 Å². The van der Waals surface area contributed by atoms with Crippen LogP contribution in [0.2, 0.25) is 0 Å². The Labute approximate surface area is 496 Å². The minimum Gasteiger partial charge on any atom is -0.334 e. The third-order valence-corrected chi connectivity index (χ3v) is 19.9. The second-order valence-corrected chi connectivity index (χ2v) is 26.6. The lowest BCUT2D eigenvalue weighted by molar-refractivity contribution is 0.281. The molecule has 0 aromatic heterocycles. The first-order valence-electron chi connectivity index (χ1n) is 30.4. The molecule has 2 unspecified atom stereocenters. The van der Waals surface area contributed by atoms with Gasteiger partial charge in [-0.3, -0.25) is 0 Å². The zero-order chi connectivity index (χ0) is 56.7. The highest BCUT2D eigenvalue weighted by atomic mass is 15.3. The summed E-state index contributed by atoms with van der Waals surface area (Å²) >= 11 is 0. The lowest BCUT2D eigenvalue weighted by atomic mass is 9.33. The highest BCUT2D eigenvalue weighted by molar-refractivity contribution is 7.00. The van der Waals surface area contributed by atoms with Crippen LogP contribution in [0.15, 0.2) is 255 Å². The van der Waals surface area contributed by atoms with Crippen molar-refractivity contribution in [2.75, 3.05) is 14.7 Å². The number of rotatable bonds is 7. The molecule has 2 aliphatic carbocycles. The van der Waals surface area contributed by atoms with Crippen molar-refractivity contribution >= 4 is 68.6 Å². The van der Waals surface area contributed by atoms with Crippen molar-refractivity contribution in [2.45, 2.75) is 83.6 Å². The first-order valence-corrected chi connectivity index (χ1v) is 30.4. The quantitative estimate of drug-likeness (QED) is 0.147. The fraction of sp³-hybridized carbons (Fsp3) is 0.175. The minimum atomic E-state index is -0.431. The first-order chi connectivity index (χ1) is 40.8. The van der Waals surface area contributed by atoms with Crippen LogP contribution >= 0.6 is 0 Å². The molecule has 0 saturated heterocycles. The summed E-state index contributed by atoms with van der Waals surface area (Å²) in [6, 6.07) is 97.8. The van der Waals surface area contributed by atoms with Crippen molar-refractivity contribution in [3.8, 4) is 33.4 Å². The highest BCUT2D eigenvalue weighted by Crippen LogP contribution is 2.63. The summed E-state index contributed by atoms with van der Waals surface area (Å²) in [5, 5.41) is 0. The number of anilines is 8. The van der Waals surface area contributed by atoms with Crippen LogP contribution in [0.5, 0.6) is 0 Å². The number of para-hydroxylation sites is 1. The first kappa shape index (κ1) is 50.6. The molecule has 0 saturated carbocycles. The second kappa shape index (κ2) is 18.7. The molecular weight excluding hydrogens is 1010 g/mol. The van der Waals surface area contributed by atoms with Crippen molar-refractivity contribution in [3.63, 3.8) is 0 Å². The van der Waals surface area contributed by atoms with E-state index in [1.807, 2.05) is 0 Å². The molecule has 11 aromatic rings. The van der Waals surface area contributed by atoms with Gasteiger partial charge in [0.1, 0.15) is 0 Å². The lowest BCUT2D eigenvalue weighted by Crippen LogP contribution is -2.62. The van der Waals surface area contributed by atoms with Gasteiger partial charge >= 0.3 is 0 Å². The molecule has 16 rings (SSSR count). The van der Waals surface area contributed by atoms with Gasteiger partial charge in [-0.15, -0.1) is 0 Å². The van der Waals surface area contributed by atoms with Gasteiger partial charge in [-0.05, 0) is 181 Å². The van der Waals surface area contributed by atoms with Crippen LogP contribution in [-0.2, 0) is 36.5 Å². The zero-order valence-electron chi connectivity index (χ0n) is 49.0. The van der Waals surface area contributed by atoms with E-state index in [4.69, 9.17) is 0 Å². The van der Waals surface area contributed by atoms with Gasteiger partial charge < -0.3 is 14.7 Å². The van der Waals surface area contributed by atoms with Gasteiger partial charge in [-0.1, -0.05) is 235 Å². The molecule has 3 nitrogen and oxygen atoms in total. The van der Waals surface area contributed by atoms with Gasteiger partial charge in [0.05, 0.1) is 11.2 Å². The molecule has 3 heterocycles. The van der Waals surface area contributed by atoms with Crippen molar-refractivity contribution in [3.05, 3.63) is 294 Å². The molecule has 0 bridgehead atoms. The SMILES string of the molecule is CC1(C)Cc2cc3c(cc2C1)N(c1ccc(C(C)(C)C)cc1-c1ccccc1)c1cc(N2c4ccccc4C4(c5ccccc5)Cc5ccccc5CC24C)cc2c1B3c1cc(-c3ccccc3)ccc1N2c1ccc(-c2ccccc2)cc1. The molecule has 5 aliphatic rings. The highest BCUT2D eigenvalue weighted by Gasteiger charge is 2.62. The Bertz CT molecular complexity index is 4410. The monoisotopic (exact) mass is 1080 g/mol. The summed E-state index contributed by atoms with van der Waals surface area (Å²) in [5.74, 6) is 0. The molecule has 84 heavy (non-hydrogen) atoms. The van der Waals surface area contributed by atoms with Crippen molar-refractivity contribution in [2.24, 2.45) is 5.41 Å². The van der Waals surface area contributed by atoms with Crippen molar-refractivity contribution < 1.29 is 0 Å². The minimum absolute atomic E-state index is 0.0718. The maximum absolute atomic E-state index is 2.81. The average Bonchev–Trinajstić information content (AvgIpc) is 1.41. The van der Waals surface area contributed by atoms with Gasteiger partial charge in [0, 0.05) is 50.8 Å². The van der Waals surface area contributed by atoms with Crippen LogP contribution in [-0.4, -0.2) is 12.3 Å². The maximum atomic E-state index is 2.81. The van der Waals surface area contributed by atoms with Crippen molar-refractivity contribution in [1.82, 2.24) is 0 Å². The van der Waals surface area contributed by atoms with Crippen LogP contribution in [0.3, 0.4) is 0 Å². The van der Waals surface area contributed by atoms with E-state index >= 15 is 0 Å². The standard InChI is InChI=1S/C80H68BN3/c1-77(2,3)63-38-42-70(66(46-63)56-27-15-9-16-28-56)83-73-45-61-50-78(4,5)49-60(61)44-69(73)81-68-43-57(54-25-13-8-14-26-54)37-41-72(68)82(64-39-35-55(36-40-64)53-23-11-7-12-24-53)74-47-65(48-75(83)76(74)81)84-71-34-22-21-33-67(71)80(62-31-17-10-18-32-62)52-59-30-20-19-29-58(59)51-79(80,84)6/h7-48H,49-52H2,1-6H3. The molecule has 0 radical (unpaired) electrons. The molecule has 11 aromatic carbocycles. The van der Waals surface area contributed by atoms with Crippen LogP contribution in [0.4, 0.5) is 45.5 Å². The number of nitrogens with zero attached hydrogens (tertiary/aromatic N) is 3. The summed E-state index contributed by atoms with van der Waals surface area (Å²) in [6.07, 6.45) is 3.86. The van der Waals surface area contributed by atoms with E-state index in [1.165, 1.54) is 129 Å². The average molecular weight is 1080 g/mol. The van der Waals surface area contributed by atoms with Crippen LogP contribution < -0.4 is 31.1 Å². The summed E-state index contributed by atoms with van der Waals surface area (Å²) in [6.45, 7) is 14.5. The third-order valence-electron chi connectivity index (χ3n) is 19.9. The summed E-state index contributed by atoms with van der Waals surface area (Å²) in [5.41, 5.74) is 30.1. The fourth-order valence-electron chi connectivity index (χ4n) is 16.1. The molecular formula is C80H68BN3. The van der Waals surface area contributed by atoms with Gasteiger partial charge in [-0.2, -0.15) is 0 Å². The molecule has 2 atom stereocenters. The molecule has 0 fully saturated rings. The van der Waals surface area contributed by atoms with Crippen LogP contribution in [0, 0.1) is 5.41 Å². The largest absolute Gasteiger partial charge is 0.334 e.